The maximum atomic E-state index is 2.52. The highest BCUT2D eigenvalue weighted by Crippen LogP contribution is 2.56. The van der Waals surface area contributed by atoms with Crippen LogP contribution in [0.25, 0.3) is 119 Å². The molecule has 16 aromatic rings. The van der Waals surface area contributed by atoms with Gasteiger partial charge < -0.3 is 9.80 Å². The van der Waals surface area contributed by atoms with E-state index in [2.05, 4.69) is 332 Å². The Kier molecular flexibility index (Phi) is 11.8. The summed E-state index contributed by atoms with van der Waals surface area (Å²) in [6.07, 6.45) is 0. The van der Waals surface area contributed by atoms with Gasteiger partial charge in [-0.05, 0) is 261 Å². The van der Waals surface area contributed by atoms with Crippen molar-refractivity contribution in [3.63, 3.8) is 0 Å². The van der Waals surface area contributed by atoms with Gasteiger partial charge in [0.2, 0.25) is 0 Å². The highest BCUT2D eigenvalue weighted by molar-refractivity contribution is 6.29. The molecule has 2 heteroatoms. The topological polar surface area (TPSA) is 6.48 Å². The third-order valence-corrected chi connectivity index (χ3v) is 21.5. The van der Waals surface area contributed by atoms with E-state index < -0.39 is 0 Å². The number of benzene rings is 16. The maximum absolute atomic E-state index is 2.52. The average Bonchev–Trinajstić information content (AvgIpc) is 1.46. The lowest BCUT2D eigenvalue weighted by Crippen LogP contribution is -2.15. The Bertz CT molecular complexity index is 5440. The van der Waals surface area contributed by atoms with Crippen molar-refractivity contribution >= 4 is 131 Å². The molecule has 0 saturated carbocycles. The van der Waals surface area contributed by atoms with Crippen LogP contribution in [0.5, 0.6) is 0 Å². The van der Waals surface area contributed by atoms with E-state index >= 15 is 0 Å². The fourth-order valence-corrected chi connectivity index (χ4v) is 16.7. The second kappa shape index (κ2) is 20.0. The van der Waals surface area contributed by atoms with Gasteiger partial charge in [-0.2, -0.15) is 0 Å². The molecule has 2 nitrogen and oxygen atoms in total. The van der Waals surface area contributed by atoms with E-state index in [-0.39, 0.29) is 10.8 Å². The molecular weight excluding hydrogens is 1110 g/mol. The summed E-state index contributed by atoms with van der Waals surface area (Å²) < 4.78 is 0. The van der Waals surface area contributed by atoms with Gasteiger partial charge in [0.1, 0.15) is 0 Å². The van der Waals surface area contributed by atoms with Crippen molar-refractivity contribution in [1.29, 1.82) is 0 Å². The fraction of sp³-hybridized carbons (Fsp3) is 0.133. The standard InChI is InChI=1S/C90H70N2/c1-53(2)55-29-33-57(34-30-55)91(61-39-43-85-81(47-61)83-49-77-67-23-13-9-19-63(67)65-21-11-15-25-69(65)79(77)51-87(83)89(85,5)6)59-37-41-73-74-42-38-60(46-76(74)72-28-18-17-27-71(72)75(73)45-59)92(58-35-31-56(32-36-58)54(3)4)62-40-44-86-82(48-62)84-50-78-68-24-14-10-20-64(68)66-22-12-16-26-70(66)80(78)52-88(84)90(86,7)8/h9-54H,1-8H3. The molecule has 0 aromatic heterocycles. The van der Waals surface area contributed by atoms with E-state index in [0.29, 0.717) is 11.8 Å². The molecule has 2 aliphatic rings. The Hall–Kier alpha value is -10.5. The minimum absolute atomic E-state index is 0.196. The molecule has 0 radical (unpaired) electrons. The molecule has 0 saturated heterocycles. The Morgan fingerprint density at radius 3 is 0.739 bits per heavy atom. The van der Waals surface area contributed by atoms with E-state index in [1.54, 1.807) is 0 Å². The van der Waals surface area contributed by atoms with Crippen molar-refractivity contribution in [2.75, 3.05) is 9.80 Å². The van der Waals surface area contributed by atoms with E-state index in [0.717, 1.165) is 34.1 Å². The Morgan fingerprint density at radius 2 is 0.435 bits per heavy atom. The molecule has 0 heterocycles. The Labute approximate surface area is 538 Å². The first-order chi connectivity index (χ1) is 44.8. The third kappa shape index (κ3) is 7.92. The van der Waals surface area contributed by atoms with E-state index in [1.807, 2.05) is 0 Å². The lowest BCUT2D eigenvalue weighted by molar-refractivity contribution is 0.661. The minimum atomic E-state index is -0.196. The number of nitrogens with zero attached hydrogens (tertiary/aromatic N) is 2. The molecule has 0 atom stereocenters. The van der Waals surface area contributed by atoms with Crippen LogP contribution in [-0.4, -0.2) is 0 Å². The van der Waals surface area contributed by atoms with Crippen LogP contribution >= 0.6 is 0 Å². The monoisotopic (exact) mass is 1180 g/mol. The van der Waals surface area contributed by atoms with Crippen LogP contribution in [0.15, 0.2) is 267 Å². The van der Waals surface area contributed by atoms with E-state index in [4.69, 9.17) is 0 Å². The first-order valence-electron chi connectivity index (χ1n) is 33.0. The number of rotatable bonds is 8. The van der Waals surface area contributed by atoms with Gasteiger partial charge in [-0.1, -0.05) is 225 Å². The summed E-state index contributed by atoms with van der Waals surface area (Å²) in [6.45, 7) is 18.8. The minimum Gasteiger partial charge on any atom is -0.310 e. The number of fused-ring (bicyclic) bond motifs is 24. The van der Waals surface area contributed by atoms with Crippen molar-refractivity contribution < 1.29 is 0 Å². The molecule has 2 aliphatic carbocycles. The summed E-state index contributed by atoms with van der Waals surface area (Å²) in [6, 6.07) is 102. The first kappa shape index (κ1) is 54.4. The van der Waals surface area contributed by atoms with Crippen LogP contribution in [0.1, 0.15) is 101 Å². The van der Waals surface area contributed by atoms with E-state index in [1.165, 1.54) is 153 Å². The summed E-state index contributed by atoms with van der Waals surface area (Å²) in [7, 11) is 0. The molecule has 440 valence electrons. The summed E-state index contributed by atoms with van der Waals surface area (Å²) >= 11 is 0. The molecule has 0 N–H and O–H groups in total. The molecule has 0 aliphatic heterocycles. The predicted molar refractivity (Wildman–Crippen MR) is 397 cm³/mol. The quantitative estimate of drug-likeness (QED) is 0.140. The van der Waals surface area contributed by atoms with Crippen LogP contribution < -0.4 is 9.80 Å². The van der Waals surface area contributed by atoms with Crippen LogP contribution in [0.4, 0.5) is 34.1 Å². The van der Waals surface area contributed by atoms with Crippen LogP contribution in [-0.2, 0) is 10.8 Å². The molecule has 92 heavy (non-hydrogen) atoms. The molecule has 0 fully saturated rings. The van der Waals surface area contributed by atoms with Gasteiger partial charge in [0.05, 0.1) is 0 Å². The van der Waals surface area contributed by atoms with Crippen molar-refractivity contribution in [1.82, 2.24) is 0 Å². The maximum Gasteiger partial charge on any atom is 0.0468 e. The summed E-state index contributed by atoms with van der Waals surface area (Å²) in [5, 5.41) is 23.1. The molecule has 16 aromatic carbocycles. The van der Waals surface area contributed by atoms with Gasteiger partial charge >= 0.3 is 0 Å². The lowest BCUT2D eigenvalue weighted by atomic mass is 9.81. The summed E-state index contributed by atoms with van der Waals surface area (Å²) in [5.41, 5.74) is 19.8. The van der Waals surface area contributed by atoms with Crippen LogP contribution in [0, 0.1) is 0 Å². The highest BCUT2D eigenvalue weighted by Gasteiger charge is 2.39. The molecule has 0 spiro atoms. The highest BCUT2D eigenvalue weighted by atomic mass is 15.1. The number of hydrogen-bond donors (Lipinski definition) is 0. The van der Waals surface area contributed by atoms with Crippen LogP contribution in [0.3, 0.4) is 0 Å². The average molecular weight is 1180 g/mol. The Morgan fingerprint density at radius 1 is 0.207 bits per heavy atom. The third-order valence-electron chi connectivity index (χ3n) is 21.5. The van der Waals surface area contributed by atoms with Gasteiger partial charge in [-0.3, -0.25) is 0 Å². The summed E-state index contributed by atoms with van der Waals surface area (Å²) in [5.74, 6) is 0.834. The second-order valence-corrected chi connectivity index (χ2v) is 27.9. The fourth-order valence-electron chi connectivity index (χ4n) is 16.7. The van der Waals surface area contributed by atoms with Crippen LogP contribution in [0.2, 0.25) is 0 Å². The summed E-state index contributed by atoms with van der Waals surface area (Å²) in [4.78, 5) is 4.98. The zero-order chi connectivity index (χ0) is 62.1. The molecular formula is C90H70N2. The van der Waals surface area contributed by atoms with E-state index in [9.17, 15) is 0 Å². The van der Waals surface area contributed by atoms with Gasteiger partial charge in [-0.25, -0.2) is 0 Å². The zero-order valence-corrected chi connectivity index (χ0v) is 53.5. The number of anilines is 6. The first-order valence-corrected chi connectivity index (χ1v) is 33.0. The van der Waals surface area contributed by atoms with Gasteiger partial charge in [-0.15, -0.1) is 0 Å². The van der Waals surface area contributed by atoms with Crippen molar-refractivity contribution in [3.8, 4) is 22.3 Å². The largest absolute Gasteiger partial charge is 0.310 e. The lowest BCUT2D eigenvalue weighted by Gasteiger charge is -2.28. The zero-order valence-electron chi connectivity index (χ0n) is 53.5. The van der Waals surface area contributed by atoms with Gasteiger partial charge in [0.25, 0.3) is 0 Å². The predicted octanol–water partition coefficient (Wildman–Crippen LogP) is 25.9. The Balaban J connectivity index is 0.796. The molecule has 0 bridgehead atoms. The van der Waals surface area contributed by atoms with Gasteiger partial charge in [0, 0.05) is 45.0 Å². The molecule has 0 amide bonds. The molecule has 0 unspecified atom stereocenters. The normalized spacial score (nSPS) is 13.8. The second-order valence-electron chi connectivity index (χ2n) is 27.9. The van der Waals surface area contributed by atoms with Crippen molar-refractivity contribution in [3.05, 3.63) is 300 Å². The SMILES string of the molecule is CC(C)c1ccc(N(c2ccc3c(c2)-c2cc4c5ccccc5c5ccccc5c4cc2C3(C)C)c2ccc3c4ccc(N(c5ccc(C(C)C)cc5)c5ccc6c(c5)-c5cc7c8ccccc8c8ccccc8c7cc5C6(C)C)cc4c4ccccc4c3c2)cc1. The van der Waals surface area contributed by atoms with Gasteiger partial charge in [0.15, 0.2) is 0 Å². The van der Waals surface area contributed by atoms with Crippen molar-refractivity contribution in [2.24, 2.45) is 0 Å². The smallest absolute Gasteiger partial charge is 0.0468 e. The molecule has 18 rings (SSSR count). The van der Waals surface area contributed by atoms with Crippen molar-refractivity contribution in [2.45, 2.75) is 78.1 Å². The number of hydrogen-bond acceptors (Lipinski definition) is 2.